The number of halogens is 3. The van der Waals surface area contributed by atoms with Crippen molar-refractivity contribution in [2.45, 2.75) is 16.6 Å². The number of furan rings is 1. The topological polar surface area (TPSA) is 99.0 Å². The van der Waals surface area contributed by atoms with Crippen LogP contribution in [-0.4, -0.2) is 20.8 Å². The molecule has 0 saturated heterocycles. The number of amides is 1. The SMILES string of the molecule is Nn1c(SC(C(=O)Nc2cccc(C(F)(F)F)c2)c2ccccc2)nnc1-c1ccco1. The molecule has 3 N–H and O–H groups in total. The molecule has 11 heteroatoms. The zero-order valence-corrected chi connectivity index (χ0v) is 17.1. The van der Waals surface area contributed by atoms with E-state index in [1.165, 1.54) is 23.1 Å². The van der Waals surface area contributed by atoms with Crippen molar-refractivity contribution < 1.29 is 22.4 Å². The average Bonchev–Trinajstić information content (AvgIpc) is 3.42. The van der Waals surface area contributed by atoms with E-state index in [0.717, 1.165) is 23.9 Å². The number of anilines is 1. The summed E-state index contributed by atoms with van der Waals surface area (Å²) < 4.78 is 45.5. The Morgan fingerprint density at radius 3 is 2.53 bits per heavy atom. The van der Waals surface area contributed by atoms with E-state index in [9.17, 15) is 18.0 Å². The maximum atomic E-state index is 13.1. The summed E-state index contributed by atoms with van der Waals surface area (Å²) >= 11 is 1.01. The van der Waals surface area contributed by atoms with E-state index >= 15 is 0 Å². The Hall–Kier alpha value is -3.73. The molecule has 2 heterocycles. The molecule has 0 aliphatic rings. The maximum Gasteiger partial charge on any atom is 0.416 e. The molecule has 0 fully saturated rings. The normalized spacial score (nSPS) is 12.5. The second-order valence-corrected chi connectivity index (χ2v) is 7.70. The van der Waals surface area contributed by atoms with Crippen LogP contribution in [0.15, 0.2) is 82.6 Å². The van der Waals surface area contributed by atoms with Crippen LogP contribution in [0.25, 0.3) is 11.6 Å². The van der Waals surface area contributed by atoms with Gasteiger partial charge in [0, 0.05) is 5.69 Å². The standard InChI is InChI=1S/C21H16F3N5O2S/c22-21(23,24)14-8-4-9-15(12-14)26-19(30)17(13-6-2-1-3-7-13)32-20-28-27-18(29(20)25)16-10-5-11-31-16/h1-12,17H,25H2,(H,26,30). The van der Waals surface area contributed by atoms with Gasteiger partial charge in [-0.2, -0.15) is 13.2 Å². The highest BCUT2D eigenvalue weighted by molar-refractivity contribution is 8.00. The van der Waals surface area contributed by atoms with E-state index < -0.39 is 22.9 Å². The number of aromatic nitrogens is 3. The Morgan fingerprint density at radius 1 is 1.06 bits per heavy atom. The molecule has 2 aromatic carbocycles. The van der Waals surface area contributed by atoms with Gasteiger partial charge in [-0.3, -0.25) is 4.79 Å². The molecule has 1 atom stereocenters. The Bertz CT molecular complexity index is 1210. The number of benzene rings is 2. The van der Waals surface area contributed by atoms with E-state index in [2.05, 4.69) is 15.5 Å². The quantitative estimate of drug-likeness (QED) is 0.319. The highest BCUT2D eigenvalue weighted by Gasteiger charge is 2.31. The summed E-state index contributed by atoms with van der Waals surface area (Å²) in [4.78, 5) is 13.1. The second-order valence-electron chi connectivity index (χ2n) is 6.63. The maximum absolute atomic E-state index is 13.1. The fourth-order valence-electron chi connectivity index (χ4n) is 2.92. The lowest BCUT2D eigenvalue weighted by molar-refractivity contribution is -0.137. The lowest BCUT2D eigenvalue weighted by atomic mass is 10.1. The largest absolute Gasteiger partial charge is 0.461 e. The number of nitrogen functional groups attached to an aromatic ring is 1. The van der Waals surface area contributed by atoms with Crippen LogP contribution in [0.2, 0.25) is 0 Å². The van der Waals surface area contributed by atoms with Crippen LogP contribution in [0, 0.1) is 0 Å². The summed E-state index contributed by atoms with van der Waals surface area (Å²) in [6.45, 7) is 0. The highest BCUT2D eigenvalue weighted by atomic mass is 32.2. The van der Waals surface area contributed by atoms with Crippen LogP contribution in [0.4, 0.5) is 18.9 Å². The fourth-order valence-corrected chi connectivity index (χ4v) is 3.88. The van der Waals surface area contributed by atoms with Gasteiger partial charge in [-0.25, -0.2) is 4.68 Å². The van der Waals surface area contributed by atoms with Crippen molar-refractivity contribution >= 4 is 23.4 Å². The van der Waals surface area contributed by atoms with E-state index in [1.54, 1.807) is 42.5 Å². The predicted molar refractivity (Wildman–Crippen MR) is 113 cm³/mol. The molecule has 0 bridgehead atoms. The van der Waals surface area contributed by atoms with Crippen molar-refractivity contribution in [1.29, 1.82) is 0 Å². The van der Waals surface area contributed by atoms with Crippen LogP contribution in [0.1, 0.15) is 16.4 Å². The summed E-state index contributed by atoms with van der Waals surface area (Å²) in [5, 5.41) is 9.96. The third kappa shape index (κ3) is 4.62. The number of hydrogen-bond acceptors (Lipinski definition) is 6. The number of carbonyl (C=O) groups excluding carboxylic acids is 1. The van der Waals surface area contributed by atoms with Crippen LogP contribution >= 0.6 is 11.8 Å². The number of nitrogens with two attached hydrogens (primary N) is 1. The molecule has 2 aromatic heterocycles. The zero-order valence-electron chi connectivity index (χ0n) is 16.3. The fraction of sp³-hybridized carbons (Fsp3) is 0.0952. The zero-order chi connectivity index (χ0) is 22.7. The molecular formula is C21H16F3N5O2S. The van der Waals surface area contributed by atoms with Gasteiger partial charge in [0.2, 0.25) is 16.9 Å². The first-order chi connectivity index (χ1) is 15.3. The molecule has 0 aliphatic carbocycles. The van der Waals surface area contributed by atoms with E-state index in [4.69, 9.17) is 10.3 Å². The van der Waals surface area contributed by atoms with Crippen LogP contribution in [0.5, 0.6) is 0 Å². The summed E-state index contributed by atoms with van der Waals surface area (Å²) in [5.41, 5.74) is -0.217. The third-order valence-corrected chi connectivity index (χ3v) is 5.64. The third-order valence-electron chi connectivity index (χ3n) is 4.43. The lowest BCUT2D eigenvalue weighted by Crippen LogP contribution is -2.21. The van der Waals surface area contributed by atoms with Gasteiger partial charge in [-0.1, -0.05) is 48.2 Å². The minimum Gasteiger partial charge on any atom is -0.461 e. The van der Waals surface area contributed by atoms with E-state index in [0.29, 0.717) is 11.3 Å². The van der Waals surface area contributed by atoms with Gasteiger partial charge >= 0.3 is 6.18 Å². The van der Waals surface area contributed by atoms with Crippen molar-refractivity contribution in [3.05, 3.63) is 84.1 Å². The molecule has 0 radical (unpaired) electrons. The minimum absolute atomic E-state index is 0.0249. The molecular weight excluding hydrogens is 443 g/mol. The average molecular weight is 459 g/mol. The van der Waals surface area contributed by atoms with Crippen molar-refractivity contribution in [3.63, 3.8) is 0 Å². The van der Waals surface area contributed by atoms with Crippen LogP contribution in [-0.2, 0) is 11.0 Å². The molecule has 32 heavy (non-hydrogen) atoms. The van der Waals surface area contributed by atoms with Gasteiger partial charge in [-0.15, -0.1) is 10.2 Å². The summed E-state index contributed by atoms with van der Waals surface area (Å²) in [6.07, 6.45) is -3.06. The van der Waals surface area contributed by atoms with Crippen LogP contribution < -0.4 is 11.2 Å². The highest BCUT2D eigenvalue weighted by Crippen LogP contribution is 2.36. The van der Waals surface area contributed by atoms with Crippen molar-refractivity contribution in [2.75, 3.05) is 11.2 Å². The van der Waals surface area contributed by atoms with Gasteiger partial charge in [0.05, 0.1) is 11.8 Å². The van der Waals surface area contributed by atoms with Gasteiger partial charge in [0.1, 0.15) is 5.25 Å². The number of hydrogen-bond donors (Lipinski definition) is 2. The Labute approximate surface area is 184 Å². The summed E-state index contributed by atoms with van der Waals surface area (Å²) in [5.74, 6) is 6.22. The molecule has 164 valence electrons. The number of nitrogens with one attached hydrogen (secondary N) is 1. The lowest BCUT2D eigenvalue weighted by Gasteiger charge is -2.17. The van der Waals surface area contributed by atoms with Gasteiger partial charge < -0.3 is 15.6 Å². The Morgan fingerprint density at radius 2 is 1.84 bits per heavy atom. The summed E-state index contributed by atoms with van der Waals surface area (Å²) in [7, 11) is 0. The molecule has 0 spiro atoms. The van der Waals surface area contributed by atoms with E-state index in [1.807, 2.05) is 0 Å². The minimum atomic E-state index is -4.52. The number of carbonyl (C=O) groups is 1. The van der Waals surface area contributed by atoms with Gasteiger partial charge in [0.25, 0.3) is 0 Å². The first-order valence-electron chi connectivity index (χ1n) is 9.27. The van der Waals surface area contributed by atoms with Crippen molar-refractivity contribution in [2.24, 2.45) is 0 Å². The monoisotopic (exact) mass is 459 g/mol. The van der Waals surface area contributed by atoms with E-state index in [-0.39, 0.29) is 16.7 Å². The summed E-state index contributed by atoms with van der Waals surface area (Å²) in [6, 6.07) is 16.5. The molecule has 0 saturated carbocycles. The molecule has 4 rings (SSSR count). The molecule has 7 nitrogen and oxygen atoms in total. The molecule has 1 unspecified atom stereocenters. The van der Waals surface area contributed by atoms with Crippen molar-refractivity contribution in [3.8, 4) is 11.6 Å². The van der Waals surface area contributed by atoms with Crippen LogP contribution in [0.3, 0.4) is 0 Å². The molecule has 4 aromatic rings. The van der Waals surface area contributed by atoms with Crippen molar-refractivity contribution in [1.82, 2.24) is 14.9 Å². The number of rotatable bonds is 6. The van der Waals surface area contributed by atoms with Gasteiger partial charge in [0.15, 0.2) is 5.76 Å². The second kappa shape index (κ2) is 8.79. The molecule has 1 amide bonds. The first kappa shape index (κ1) is 21.5. The smallest absolute Gasteiger partial charge is 0.416 e. The van der Waals surface area contributed by atoms with Gasteiger partial charge in [-0.05, 0) is 35.9 Å². The Balaban J connectivity index is 1.62. The number of alkyl halides is 3. The first-order valence-corrected chi connectivity index (χ1v) is 10.1. The predicted octanol–water partition coefficient (Wildman–Crippen LogP) is 4.74. The number of nitrogens with zero attached hydrogens (tertiary/aromatic N) is 3. The molecule has 0 aliphatic heterocycles. The Kier molecular flexibility index (Phi) is 5.91. The number of thioether (sulfide) groups is 1.